The Bertz CT molecular complexity index is 933. The number of furan rings is 1. The molecule has 0 radical (unpaired) electrons. The third-order valence-electron chi connectivity index (χ3n) is 4.38. The summed E-state index contributed by atoms with van der Waals surface area (Å²) >= 11 is 0. The number of aromatic hydroxyl groups is 1. The van der Waals surface area contributed by atoms with E-state index < -0.39 is 10.0 Å². The van der Waals surface area contributed by atoms with Gasteiger partial charge in [-0.1, -0.05) is 0 Å². The van der Waals surface area contributed by atoms with Gasteiger partial charge in [0.05, 0.1) is 18.7 Å². The topological polar surface area (TPSA) is 99.9 Å². The van der Waals surface area contributed by atoms with Gasteiger partial charge >= 0.3 is 0 Å². The molecule has 3 rings (SSSR count). The van der Waals surface area contributed by atoms with Crippen LogP contribution in [0.2, 0.25) is 0 Å². The molecule has 1 aliphatic rings. The van der Waals surface area contributed by atoms with Crippen molar-refractivity contribution in [3.05, 3.63) is 46.9 Å². The molecule has 0 aliphatic carbocycles. The van der Waals surface area contributed by atoms with Gasteiger partial charge in [-0.2, -0.15) is 4.31 Å². The van der Waals surface area contributed by atoms with Crippen LogP contribution < -0.4 is 5.32 Å². The highest BCUT2D eigenvalue weighted by Gasteiger charge is 2.30. The van der Waals surface area contributed by atoms with Crippen molar-refractivity contribution in [1.29, 1.82) is 0 Å². The van der Waals surface area contributed by atoms with Crippen LogP contribution in [-0.4, -0.2) is 37.0 Å². The van der Waals surface area contributed by atoms with E-state index in [0.717, 1.165) is 11.8 Å². The molecule has 0 spiro atoms. The third-order valence-corrected chi connectivity index (χ3v) is 5.64. The van der Waals surface area contributed by atoms with E-state index in [1.54, 1.807) is 19.1 Å². The summed E-state index contributed by atoms with van der Waals surface area (Å²) in [5, 5.41) is 12.6. The van der Waals surface area contributed by atoms with Crippen molar-refractivity contribution in [2.24, 2.45) is 0 Å². The van der Waals surface area contributed by atoms with Crippen molar-refractivity contribution >= 4 is 21.6 Å². The van der Waals surface area contributed by atoms with Gasteiger partial charge in [0.15, 0.2) is 0 Å². The molecular formula is C17H20N2O5S. The molecule has 0 bridgehead atoms. The van der Waals surface area contributed by atoms with Gasteiger partial charge in [0.25, 0.3) is 0 Å². The van der Waals surface area contributed by atoms with Gasteiger partial charge in [0.1, 0.15) is 17.3 Å². The van der Waals surface area contributed by atoms with E-state index >= 15 is 0 Å². The van der Waals surface area contributed by atoms with Gasteiger partial charge in [0, 0.05) is 25.2 Å². The van der Waals surface area contributed by atoms with Gasteiger partial charge in [-0.25, -0.2) is 8.42 Å². The average Bonchev–Trinajstić information content (AvgIpc) is 2.95. The first-order chi connectivity index (χ1) is 11.6. The predicted octanol–water partition coefficient (Wildman–Crippen LogP) is 2.16. The normalized spacial score (nSPS) is 17.4. The van der Waals surface area contributed by atoms with Crippen LogP contribution in [0.25, 0.3) is 0 Å². The molecule has 0 unspecified atom stereocenters. The summed E-state index contributed by atoms with van der Waals surface area (Å²) in [4.78, 5) is 12.0. The van der Waals surface area contributed by atoms with Crippen molar-refractivity contribution in [3.63, 3.8) is 0 Å². The minimum Gasteiger partial charge on any atom is -0.508 e. The van der Waals surface area contributed by atoms with Crippen molar-refractivity contribution in [1.82, 2.24) is 4.31 Å². The molecule has 1 aliphatic heterocycles. The Morgan fingerprint density at radius 1 is 1.36 bits per heavy atom. The minimum atomic E-state index is -3.30. The molecule has 2 heterocycles. The molecule has 1 atom stereocenters. The zero-order valence-corrected chi connectivity index (χ0v) is 15.1. The summed E-state index contributed by atoms with van der Waals surface area (Å²) in [6, 6.07) is 6.85. The number of rotatable bonds is 4. The lowest BCUT2D eigenvalue weighted by Crippen LogP contribution is -2.24. The second-order valence-electron chi connectivity index (χ2n) is 6.35. The van der Waals surface area contributed by atoms with Crippen LogP contribution in [-0.2, 0) is 21.4 Å². The summed E-state index contributed by atoms with van der Waals surface area (Å²) in [5.74, 6) is 0.783. The zero-order valence-electron chi connectivity index (χ0n) is 14.2. The number of benzene rings is 1. The maximum Gasteiger partial charge on any atom is 0.225 e. The second-order valence-corrected chi connectivity index (χ2v) is 8.44. The number of carbonyl (C=O) groups is 1. The number of aryl methyl sites for hydroxylation is 1. The molecule has 0 saturated heterocycles. The van der Waals surface area contributed by atoms with E-state index in [2.05, 4.69) is 5.32 Å². The molecule has 2 aromatic rings. The first-order valence-electron chi connectivity index (χ1n) is 7.78. The van der Waals surface area contributed by atoms with Crippen LogP contribution in [0.4, 0.5) is 5.69 Å². The van der Waals surface area contributed by atoms with E-state index in [-0.39, 0.29) is 30.5 Å². The Morgan fingerprint density at radius 3 is 2.76 bits per heavy atom. The van der Waals surface area contributed by atoms with Crippen LogP contribution in [0.15, 0.2) is 28.7 Å². The Hall–Kier alpha value is -2.32. The number of fused-ring (bicyclic) bond motifs is 1. The SMILES string of the molecule is Cc1cc2c(cc1O)NC(=O)C[C@H]2c1ccc(CN(C)S(C)(=O)=O)o1. The third kappa shape index (κ3) is 3.54. The smallest absolute Gasteiger partial charge is 0.225 e. The van der Waals surface area contributed by atoms with Crippen LogP contribution in [0, 0.1) is 6.92 Å². The van der Waals surface area contributed by atoms with Crippen LogP contribution in [0.3, 0.4) is 0 Å². The molecule has 134 valence electrons. The number of hydrogen-bond acceptors (Lipinski definition) is 5. The molecule has 1 amide bonds. The summed E-state index contributed by atoms with van der Waals surface area (Å²) < 4.78 is 30.1. The highest BCUT2D eigenvalue weighted by molar-refractivity contribution is 7.88. The van der Waals surface area contributed by atoms with E-state index in [0.29, 0.717) is 22.8 Å². The van der Waals surface area contributed by atoms with Crippen molar-refractivity contribution in [2.75, 3.05) is 18.6 Å². The lowest BCUT2D eigenvalue weighted by atomic mass is 9.87. The molecule has 2 N–H and O–H groups in total. The quantitative estimate of drug-likeness (QED) is 0.866. The van der Waals surface area contributed by atoms with E-state index in [1.807, 2.05) is 6.07 Å². The predicted molar refractivity (Wildman–Crippen MR) is 93.0 cm³/mol. The molecule has 25 heavy (non-hydrogen) atoms. The summed E-state index contributed by atoms with van der Waals surface area (Å²) in [7, 11) is -1.82. The number of phenols is 1. The average molecular weight is 364 g/mol. The Morgan fingerprint density at radius 2 is 2.08 bits per heavy atom. The number of anilines is 1. The van der Waals surface area contributed by atoms with Crippen LogP contribution in [0.5, 0.6) is 5.75 Å². The molecular weight excluding hydrogens is 344 g/mol. The number of carbonyl (C=O) groups excluding carboxylic acids is 1. The lowest BCUT2D eigenvalue weighted by Gasteiger charge is -2.25. The number of nitrogens with one attached hydrogen (secondary N) is 1. The molecule has 7 nitrogen and oxygen atoms in total. The Labute approximate surface area is 146 Å². The van der Waals surface area contributed by atoms with Gasteiger partial charge in [-0.3, -0.25) is 4.79 Å². The van der Waals surface area contributed by atoms with Crippen LogP contribution >= 0.6 is 0 Å². The van der Waals surface area contributed by atoms with Crippen molar-refractivity contribution < 1.29 is 22.7 Å². The number of nitrogens with zero attached hydrogens (tertiary/aromatic N) is 1. The highest BCUT2D eigenvalue weighted by Crippen LogP contribution is 2.40. The van der Waals surface area contributed by atoms with Crippen molar-refractivity contribution in [3.8, 4) is 5.75 Å². The molecule has 0 fully saturated rings. The van der Waals surface area contributed by atoms with Crippen molar-refractivity contribution in [2.45, 2.75) is 25.8 Å². The van der Waals surface area contributed by atoms with E-state index in [4.69, 9.17) is 4.42 Å². The lowest BCUT2D eigenvalue weighted by molar-refractivity contribution is -0.116. The summed E-state index contributed by atoms with van der Waals surface area (Å²) in [6.45, 7) is 1.91. The standard InChI is InChI=1S/C17H20N2O5S/c1-10-6-12-13(7-17(21)18-14(12)8-15(10)20)16-5-4-11(24-16)9-19(2)25(3,22)23/h4-6,8,13,20H,7,9H2,1-3H3,(H,18,21)/t13-/m1/s1. The van der Waals surface area contributed by atoms with E-state index in [9.17, 15) is 18.3 Å². The van der Waals surface area contributed by atoms with Gasteiger partial charge in [-0.15, -0.1) is 0 Å². The van der Waals surface area contributed by atoms with Gasteiger partial charge in [0.2, 0.25) is 15.9 Å². The number of amides is 1. The fourth-order valence-electron chi connectivity index (χ4n) is 2.87. The number of sulfonamides is 1. The van der Waals surface area contributed by atoms with Gasteiger partial charge < -0.3 is 14.8 Å². The van der Waals surface area contributed by atoms with E-state index in [1.165, 1.54) is 17.4 Å². The Balaban J connectivity index is 1.93. The maximum absolute atomic E-state index is 12.0. The highest BCUT2D eigenvalue weighted by atomic mass is 32.2. The maximum atomic E-state index is 12.0. The minimum absolute atomic E-state index is 0.120. The summed E-state index contributed by atoms with van der Waals surface area (Å²) in [6.07, 6.45) is 1.36. The first kappa shape index (κ1) is 17.5. The second kappa shape index (κ2) is 6.20. The molecule has 0 saturated carbocycles. The van der Waals surface area contributed by atoms with Gasteiger partial charge in [-0.05, 0) is 36.2 Å². The molecule has 8 heteroatoms. The Kier molecular flexibility index (Phi) is 4.34. The monoisotopic (exact) mass is 364 g/mol. The number of hydrogen-bond donors (Lipinski definition) is 2. The fraction of sp³-hybridized carbons (Fsp3) is 0.353. The fourth-order valence-corrected chi connectivity index (χ4v) is 3.23. The van der Waals surface area contributed by atoms with Crippen LogP contribution in [0.1, 0.15) is 35.0 Å². The molecule has 1 aromatic carbocycles. The first-order valence-corrected chi connectivity index (χ1v) is 9.63. The zero-order chi connectivity index (χ0) is 18.4. The largest absolute Gasteiger partial charge is 0.508 e. The summed E-state index contributed by atoms with van der Waals surface area (Å²) in [5.41, 5.74) is 2.14. The number of phenolic OH excluding ortho intramolecular Hbond substituents is 1. The molecule has 1 aromatic heterocycles.